The molecule has 2 rings (SSSR count). The molecular formula is C14H16BrNO2. The van der Waals surface area contributed by atoms with E-state index in [1.165, 1.54) is 0 Å². The lowest BCUT2D eigenvalue weighted by atomic mass is 9.91. The Bertz CT molecular complexity index is 498. The average Bonchev–Trinajstić information content (AvgIpc) is 3.03. The van der Waals surface area contributed by atoms with E-state index in [2.05, 4.69) is 46.9 Å². The third kappa shape index (κ3) is 2.99. The number of halogens is 1. The van der Waals surface area contributed by atoms with Gasteiger partial charge < -0.3 is 4.74 Å². The molecule has 0 N–H and O–H groups in total. The SMILES string of the molecule is CCOC(=O)C1C=C1C1=CC(C)(C)C=C(Br)C=N1. The van der Waals surface area contributed by atoms with Gasteiger partial charge in [0.05, 0.1) is 12.3 Å². The van der Waals surface area contributed by atoms with Gasteiger partial charge in [0, 0.05) is 16.1 Å². The van der Waals surface area contributed by atoms with Crippen molar-refractivity contribution in [2.45, 2.75) is 20.8 Å². The summed E-state index contributed by atoms with van der Waals surface area (Å²) >= 11 is 3.45. The standard InChI is InChI=1S/C14H16BrNO2/c1-4-18-13(17)11-5-10(11)12-7-14(2,3)6-9(15)8-16-12/h5-8,11H,4H2,1-3H3. The van der Waals surface area contributed by atoms with Crippen molar-refractivity contribution >= 4 is 28.1 Å². The first kappa shape index (κ1) is 13.3. The molecule has 0 aromatic carbocycles. The van der Waals surface area contributed by atoms with Crippen molar-refractivity contribution in [3.8, 4) is 0 Å². The number of carbonyl (C=O) groups is 1. The maximum Gasteiger partial charge on any atom is 0.317 e. The molecule has 3 nitrogen and oxygen atoms in total. The fourth-order valence-electron chi connectivity index (χ4n) is 1.92. The number of allylic oxidation sites excluding steroid dienone is 4. The van der Waals surface area contributed by atoms with Gasteiger partial charge in [0.1, 0.15) is 5.92 Å². The minimum absolute atomic E-state index is 0.0900. The van der Waals surface area contributed by atoms with Crippen LogP contribution in [0.25, 0.3) is 0 Å². The van der Waals surface area contributed by atoms with Crippen molar-refractivity contribution in [3.63, 3.8) is 0 Å². The van der Waals surface area contributed by atoms with Crippen LogP contribution in [0, 0.1) is 11.3 Å². The predicted octanol–water partition coefficient (Wildman–Crippen LogP) is 3.38. The van der Waals surface area contributed by atoms with E-state index in [9.17, 15) is 4.79 Å². The van der Waals surface area contributed by atoms with Crippen LogP contribution >= 0.6 is 15.9 Å². The maximum absolute atomic E-state index is 11.6. The molecule has 4 heteroatoms. The summed E-state index contributed by atoms with van der Waals surface area (Å²) in [6.45, 7) is 6.43. The van der Waals surface area contributed by atoms with Crippen molar-refractivity contribution in [1.82, 2.24) is 0 Å². The van der Waals surface area contributed by atoms with E-state index < -0.39 is 0 Å². The van der Waals surface area contributed by atoms with Crippen LogP contribution in [-0.4, -0.2) is 18.8 Å². The van der Waals surface area contributed by atoms with Gasteiger partial charge >= 0.3 is 5.97 Å². The second-order valence-electron chi connectivity index (χ2n) is 4.99. The van der Waals surface area contributed by atoms with Gasteiger partial charge in [-0.3, -0.25) is 9.79 Å². The Kier molecular flexibility index (Phi) is 3.57. The van der Waals surface area contributed by atoms with Gasteiger partial charge in [0.15, 0.2) is 0 Å². The Balaban J connectivity index is 2.13. The number of carbonyl (C=O) groups excluding carboxylic acids is 1. The number of aliphatic imine (C=N–C) groups is 1. The van der Waals surface area contributed by atoms with Gasteiger partial charge in [-0.25, -0.2) is 0 Å². The summed E-state index contributed by atoms with van der Waals surface area (Å²) < 4.78 is 5.95. The van der Waals surface area contributed by atoms with Gasteiger partial charge in [0.25, 0.3) is 0 Å². The fourth-order valence-corrected chi connectivity index (χ4v) is 2.61. The number of esters is 1. The molecule has 0 amide bonds. The first-order chi connectivity index (χ1) is 8.43. The van der Waals surface area contributed by atoms with Crippen molar-refractivity contribution in [2.24, 2.45) is 16.3 Å². The van der Waals surface area contributed by atoms with Crippen LogP contribution in [0.15, 0.2) is 39.0 Å². The monoisotopic (exact) mass is 309 g/mol. The first-order valence-electron chi connectivity index (χ1n) is 5.97. The van der Waals surface area contributed by atoms with E-state index in [0.717, 1.165) is 15.8 Å². The van der Waals surface area contributed by atoms with E-state index in [-0.39, 0.29) is 17.3 Å². The smallest absolute Gasteiger partial charge is 0.317 e. The van der Waals surface area contributed by atoms with E-state index in [0.29, 0.717) is 6.61 Å². The molecule has 0 bridgehead atoms. The highest BCUT2D eigenvalue weighted by Gasteiger charge is 2.36. The highest BCUT2D eigenvalue weighted by molar-refractivity contribution is 9.12. The fraction of sp³-hybridized carbons (Fsp3) is 0.429. The number of nitrogens with zero attached hydrogens (tertiary/aromatic N) is 1. The molecule has 0 fully saturated rings. The van der Waals surface area contributed by atoms with Crippen LogP contribution in [0.4, 0.5) is 0 Å². The highest BCUT2D eigenvalue weighted by Crippen LogP contribution is 2.40. The van der Waals surface area contributed by atoms with Crippen LogP contribution in [0.3, 0.4) is 0 Å². The molecular weight excluding hydrogens is 294 g/mol. The summed E-state index contributed by atoms with van der Waals surface area (Å²) in [7, 11) is 0. The normalized spacial score (nSPS) is 24.7. The summed E-state index contributed by atoms with van der Waals surface area (Å²) in [6, 6.07) is 0. The summed E-state index contributed by atoms with van der Waals surface area (Å²) in [6.07, 6.45) is 7.83. The number of rotatable bonds is 3. The van der Waals surface area contributed by atoms with Gasteiger partial charge in [-0.15, -0.1) is 0 Å². The van der Waals surface area contributed by atoms with Crippen LogP contribution in [0.2, 0.25) is 0 Å². The average molecular weight is 310 g/mol. The lowest BCUT2D eigenvalue weighted by molar-refractivity contribution is -0.143. The van der Waals surface area contributed by atoms with Gasteiger partial charge in [-0.05, 0) is 34.5 Å². The molecule has 1 aliphatic carbocycles. The molecule has 1 atom stereocenters. The third-order valence-corrected chi connectivity index (χ3v) is 3.19. The van der Waals surface area contributed by atoms with Crippen molar-refractivity contribution in [3.05, 3.63) is 34.0 Å². The molecule has 2 aliphatic rings. The molecule has 0 spiro atoms. The van der Waals surface area contributed by atoms with Crippen molar-refractivity contribution in [1.29, 1.82) is 0 Å². The Morgan fingerprint density at radius 2 is 2.22 bits per heavy atom. The zero-order valence-corrected chi connectivity index (χ0v) is 12.3. The molecule has 0 radical (unpaired) electrons. The van der Waals surface area contributed by atoms with Gasteiger partial charge in [0.2, 0.25) is 0 Å². The topological polar surface area (TPSA) is 38.7 Å². The maximum atomic E-state index is 11.6. The molecule has 1 aliphatic heterocycles. The minimum Gasteiger partial charge on any atom is -0.465 e. The molecule has 0 aromatic rings. The largest absolute Gasteiger partial charge is 0.465 e. The number of hydrogen-bond donors (Lipinski definition) is 0. The van der Waals surface area contributed by atoms with Crippen LogP contribution in [0.5, 0.6) is 0 Å². The van der Waals surface area contributed by atoms with E-state index in [1.54, 1.807) is 6.21 Å². The molecule has 1 unspecified atom stereocenters. The molecule has 0 saturated carbocycles. The predicted molar refractivity (Wildman–Crippen MR) is 75.6 cm³/mol. The molecule has 0 aromatic heterocycles. The molecule has 96 valence electrons. The highest BCUT2D eigenvalue weighted by atomic mass is 79.9. The quantitative estimate of drug-likeness (QED) is 0.750. The summed E-state index contributed by atoms with van der Waals surface area (Å²) in [4.78, 5) is 16.0. The van der Waals surface area contributed by atoms with E-state index >= 15 is 0 Å². The summed E-state index contributed by atoms with van der Waals surface area (Å²) in [5.41, 5.74) is 1.74. The molecule has 0 saturated heterocycles. The Hall–Kier alpha value is -1.16. The van der Waals surface area contributed by atoms with Crippen LogP contribution < -0.4 is 0 Å². The second-order valence-corrected chi connectivity index (χ2v) is 5.91. The Morgan fingerprint density at radius 1 is 1.50 bits per heavy atom. The summed E-state index contributed by atoms with van der Waals surface area (Å²) in [5, 5.41) is 0. The second kappa shape index (κ2) is 4.84. The number of hydrogen-bond acceptors (Lipinski definition) is 3. The lowest BCUT2D eigenvalue weighted by Gasteiger charge is -2.14. The zero-order valence-electron chi connectivity index (χ0n) is 10.7. The van der Waals surface area contributed by atoms with Crippen LogP contribution in [-0.2, 0) is 9.53 Å². The third-order valence-electron chi connectivity index (χ3n) is 2.75. The first-order valence-corrected chi connectivity index (χ1v) is 6.76. The molecule has 1 heterocycles. The Labute approximate surface area is 115 Å². The van der Waals surface area contributed by atoms with Crippen molar-refractivity contribution in [2.75, 3.05) is 6.61 Å². The summed E-state index contributed by atoms with van der Waals surface area (Å²) in [5.74, 6) is -0.390. The van der Waals surface area contributed by atoms with Gasteiger partial charge in [-0.1, -0.05) is 26.0 Å². The van der Waals surface area contributed by atoms with Gasteiger partial charge in [-0.2, -0.15) is 0 Å². The number of ether oxygens (including phenoxy) is 1. The lowest BCUT2D eigenvalue weighted by Crippen LogP contribution is -2.09. The Morgan fingerprint density at radius 3 is 2.89 bits per heavy atom. The minimum atomic E-state index is -0.207. The van der Waals surface area contributed by atoms with Crippen molar-refractivity contribution < 1.29 is 9.53 Å². The molecule has 18 heavy (non-hydrogen) atoms. The zero-order chi connectivity index (χ0) is 13.3. The van der Waals surface area contributed by atoms with Crippen LogP contribution in [0.1, 0.15) is 20.8 Å². The van der Waals surface area contributed by atoms with E-state index in [4.69, 9.17) is 4.74 Å². The van der Waals surface area contributed by atoms with E-state index in [1.807, 2.05) is 13.0 Å².